The first-order chi connectivity index (χ1) is 6.44. The van der Waals surface area contributed by atoms with E-state index < -0.39 is 10.5 Å². The average molecular weight is 199 g/mol. The van der Waals surface area contributed by atoms with Gasteiger partial charge in [0, 0.05) is 0 Å². The van der Waals surface area contributed by atoms with Gasteiger partial charge in [0.1, 0.15) is 6.20 Å². The van der Waals surface area contributed by atoms with Crippen LogP contribution in [0.3, 0.4) is 0 Å². The Kier molecular flexibility index (Phi) is 2.85. The van der Waals surface area contributed by atoms with E-state index in [9.17, 15) is 15.2 Å². The predicted octanol–water partition coefficient (Wildman–Crippen LogP) is 0.952. The summed E-state index contributed by atoms with van der Waals surface area (Å²) in [5.41, 5.74) is -0.853. The van der Waals surface area contributed by atoms with Crippen LogP contribution in [0.1, 0.15) is 20.3 Å². The van der Waals surface area contributed by atoms with Crippen molar-refractivity contribution < 1.29 is 10.0 Å². The highest BCUT2D eigenvalue weighted by Gasteiger charge is 2.20. The van der Waals surface area contributed by atoms with Gasteiger partial charge in [0.15, 0.2) is 0 Å². The summed E-state index contributed by atoms with van der Waals surface area (Å²) in [6, 6.07) is 0. The molecule has 0 aromatic carbocycles. The molecular formula is C8H13N3O3. The lowest BCUT2D eigenvalue weighted by Gasteiger charge is -2.20. The molecule has 0 saturated heterocycles. The summed E-state index contributed by atoms with van der Waals surface area (Å²) in [7, 11) is 0. The molecule has 1 aromatic rings. The van der Waals surface area contributed by atoms with Crippen LogP contribution >= 0.6 is 0 Å². The van der Waals surface area contributed by atoms with E-state index in [1.54, 1.807) is 6.92 Å². The minimum absolute atomic E-state index is 0.197. The molecule has 1 rings (SSSR count). The molecule has 14 heavy (non-hydrogen) atoms. The first kappa shape index (κ1) is 10.6. The normalized spacial score (nSPS) is 15.1. The van der Waals surface area contributed by atoms with Gasteiger partial charge in [0.25, 0.3) is 0 Å². The van der Waals surface area contributed by atoms with Crippen LogP contribution in [0.25, 0.3) is 0 Å². The SMILES string of the molecule is CCC(C)(O)Cn1cnc([N+](=O)[O-])c1. The number of hydrogen-bond donors (Lipinski definition) is 1. The summed E-state index contributed by atoms with van der Waals surface area (Å²) in [4.78, 5) is 13.3. The van der Waals surface area contributed by atoms with Crippen molar-refractivity contribution in [1.82, 2.24) is 9.55 Å². The Hall–Kier alpha value is -1.43. The highest BCUT2D eigenvalue weighted by atomic mass is 16.6. The molecule has 0 bridgehead atoms. The van der Waals surface area contributed by atoms with E-state index in [0.29, 0.717) is 13.0 Å². The average Bonchev–Trinajstić information content (AvgIpc) is 2.52. The molecule has 0 aliphatic heterocycles. The Morgan fingerprint density at radius 2 is 2.43 bits per heavy atom. The van der Waals surface area contributed by atoms with Crippen molar-refractivity contribution in [2.45, 2.75) is 32.4 Å². The Morgan fingerprint density at radius 3 is 2.86 bits per heavy atom. The van der Waals surface area contributed by atoms with Crippen molar-refractivity contribution in [1.29, 1.82) is 0 Å². The molecule has 0 saturated carbocycles. The maximum atomic E-state index is 10.3. The van der Waals surface area contributed by atoms with E-state index in [0.717, 1.165) is 0 Å². The molecule has 0 spiro atoms. The minimum Gasteiger partial charge on any atom is -0.388 e. The number of aromatic nitrogens is 2. The Labute approximate surface area is 81.3 Å². The first-order valence-corrected chi connectivity index (χ1v) is 4.33. The zero-order valence-electron chi connectivity index (χ0n) is 8.17. The maximum absolute atomic E-state index is 10.3. The highest BCUT2D eigenvalue weighted by Crippen LogP contribution is 2.14. The smallest absolute Gasteiger partial charge is 0.381 e. The molecule has 6 nitrogen and oxygen atoms in total. The molecule has 0 aliphatic rings. The topological polar surface area (TPSA) is 81.2 Å². The van der Waals surface area contributed by atoms with Gasteiger partial charge < -0.3 is 19.8 Å². The summed E-state index contributed by atoms with van der Waals surface area (Å²) in [5, 5.41) is 20.0. The van der Waals surface area contributed by atoms with Crippen LogP contribution in [-0.4, -0.2) is 25.2 Å². The van der Waals surface area contributed by atoms with Gasteiger partial charge in [-0.25, -0.2) is 0 Å². The van der Waals surface area contributed by atoms with Gasteiger partial charge in [-0.15, -0.1) is 0 Å². The predicted molar refractivity (Wildman–Crippen MR) is 49.8 cm³/mol. The summed E-state index contributed by atoms with van der Waals surface area (Å²) < 4.78 is 1.52. The molecular weight excluding hydrogens is 186 g/mol. The molecule has 0 fully saturated rings. The molecule has 1 unspecified atom stereocenters. The van der Waals surface area contributed by atoms with E-state index >= 15 is 0 Å². The van der Waals surface area contributed by atoms with Crippen LogP contribution in [0.15, 0.2) is 12.5 Å². The van der Waals surface area contributed by atoms with Crippen molar-refractivity contribution in [3.63, 3.8) is 0 Å². The fourth-order valence-electron chi connectivity index (χ4n) is 1.03. The fraction of sp³-hybridized carbons (Fsp3) is 0.625. The van der Waals surface area contributed by atoms with Gasteiger partial charge in [0.05, 0.1) is 12.1 Å². The van der Waals surface area contributed by atoms with Crippen LogP contribution in [-0.2, 0) is 6.54 Å². The number of imidazole rings is 1. The maximum Gasteiger partial charge on any atom is 0.381 e. The van der Waals surface area contributed by atoms with E-state index in [2.05, 4.69) is 4.98 Å². The van der Waals surface area contributed by atoms with Crippen LogP contribution in [0.5, 0.6) is 0 Å². The van der Waals surface area contributed by atoms with Crippen LogP contribution in [0.4, 0.5) is 5.82 Å². The minimum atomic E-state index is -0.853. The van der Waals surface area contributed by atoms with Crippen LogP contribution in [0.2, 0.25) is 0 Å². The summed E-state index contributed by atoms with van der Waals surface area (Å²) in [6.45, 7) is 3.84. The van der Waals surface area contributed by atoms with Gasteiger partial charge in [-0.3, -0.25) is 0 Å². The third-order valence-corrected chi connectivity index (χ3v) is 2.09. The highest BCUT2D eigenvalue weighted by molar-refractivity contribution is 5.12. The van der Waals surface area contributed by atoms with Crippen molar-refractivity contribution >= 4 is 5.82 Å². The second kappa shape index (κ2) is 3.75. The summed E-state index contributed by atoms with van der Waals surface area (Å²) >= 11 is 0. The van der Waals surface area contributed by atoms with E-state index in [-0.39, 0.29) is 5.82 Å². The zero-order valence-corrected chi connectivity index (χ0v) is 8.17. The molecule has 6 heteroatoms. The molecule has 0 aliphatic carbocycles. The number of rotatable bonds is 4. The Bertz CT molecular complexity index is 332. The third-order valence-electron chi connectivity index (χ3n) is 2.09. The second-order valence-electron chi connectivity index (χ2n) is 3.51. The van der Waals surface area contributed by atoms with Gasteiger partial charge in [-0.1, -0.05) is 6.92 Å². The van der Waals surface area contributed by atoms with Gasteiger partial charge in [-0.05, 0) is 23.3 Å². The molecule has 78 valence electrons. The molecule has 1 heterocycles. The largest absolute Gasteiger partial charge is 0.388 e. The van der Waals surface area contributed by atoms with Crippen LogP contribution in [0, 0.1) is 10.1 Å². The van der Waals surface area contributed by atoms with Gasteiger partial charge in [0.2, 0.25) is 6.33 Å². The number of nitro groups is 1. The number of nitrogens with zero attached hydrogens (tertiary/aromatic N) is 3. The van der Waals surface area contributed by atoms with Gasteiger partial charge in [-0.2, -0.15) is 0 Å². The number of aliphatic hydroxyl groups is 1. The fourth-order valence-corrected chi connectivity index (χ4v) is 1.03. The molecule has 0 radical (unpaired) electrons. The standard InChI is InChI=1S/C8H13N3O3/c1-3-8(2,12)5-10-4-7(9-6-10)11(13)14/h4,6,12H,3,5H2,1-2H3. The molecule has 1 N–H and O–H groups in total. The Morgan fingerprint density at radius 1 is 1.79 bits per heavy atom. The lowest BCUT2D eigenvalue weighted by atomic mass is 10.0. The van der Waals surface area contributed by atoms with Crippen molar-refractivity contribution in [3.8, 4) is 0 Å². The zero-order chi connectivity index (χ0) is 10.8. The van der Waals surface area contributed by atoms with E-state index in [4.69, 9.17) is 0 Å². The third kappa shape index (κ3) is 2.53. The molecule has 0 amide bonds. The van der Waals surface area contributed by atoms with Crippen molar-refractivity contribution in [2.75, 3.05) is 0 Å². The van der Waals surface area contributed by atoms with Crippen molar-refractivity contribution in [3.05, 3.63) is 22.6 Å². The first-order valence-electron chi connectivity index (χ1n) is 4.33. The van der Waals surface area contributed by atoms with E-state index in [1.165, 1.54) is 17.1 Å². The lowest BCUT2D eigenvalue weighted by Crippen LogP contribution is -2.28. The second-order valence-corrected chi connectivity index (χ2v) is 3.51. The summed E-state index contributed by atoms with van der Waals surface area (Å²) in [6.07, 6.45) is 3.24. The van der Waals surface area contributed by atoms with Crippen LogP contribution < -0.4 is 0 Å². The quantitative estimate of drug-likeness (QED) is 0.578. The summed E-state index contributed by atoms with van der Waals surface area (Å²) in [5.74, 6) is -0.197. The molecule has 1 atom stereocenters. The lowest BCUT2D eigenvalue weighted by molar-refractivity contribution is -0.389. The monoisotopic (exact) mass is 199 g/mol. The number of hydrogen-bond acceptors (Lipinski definition) is 4. The molecule has 1 aromatic heterocycles. The Balaban J connectivity index is 2.73. The van der Waals surface area contributed by atoms with Gasteiger partial charge >= 0.3 is 5.82 Å². The van der Waals surface area contributed by atoms with E-state index in [1.807, 2.05) is 6.92 Å². The van der Waals surface area contributed by atoms with Crippen molar-refractivity contribution in [2.24, 2.45) is 0 Å².